The molecule has 0 bridgehead atoms. The minimum Gasteiger partial charge on any atom is -0.496 e. The molecule has 7 nitrogen and oxygen atoms in total. The zero-order valence-electron chi connectivity index (χ0n) is 12.5. The molecule has 0 spiro atoms. The van der Waals surface area contributed by atoms with Crippen molar-refractivity contribution in [2.45, 2.75) is 6.92 Å². The van der Waals surface area contributed by atoms with Gasteiger partial charge in [0.15, 0.2) is 18.1 Å². The predicted molar refractivity (Wildman–Crippen MR) is 73.4 cm³/mol. The number of hydrogen-bond acceptors (Lipinski definition) is 7. The number of carbonyl (C=O) groups is 1. The van der Waals surface area contributed by atoms with Crippen LogP contribution < -0.4 is 14.2 Å². The van der Waals surface area contributed by atoms with Crippen molar-refractivity contribution in [1.29, 1.82) is 0 Å². The van der Waals surface area contributed by atoms with Crippen molar-refractivity contribution in [2.75, 3.05) is 34.5 Å². The van der Waals surface area contributed by atoms with Crippen molar-refractivity contribution < 1.29 is 33.5 Å². The maximum absolute atomic E-state index is 11.9. The van der Waals surface area contributed by atoms with Crippen molar-refractivity contribution in [2.24, 2.45) is 0 Å². The van der Waals surface area contributed by atoms with Crippen LogP contribution in [0.2, 0.25) is 0 Å². The van der Waals surface area contributed by atoms with E-state index in [-0.39, 0.29) is 17.9 Å². The number of hydrogen-bond donors (Lipinski definition) is 0. The quantitative estimate of drug-likeness (QED) is 0.392. The minimum atomic E-state index is -0.722. The smallest absolute Gasteiger partial charge is 0.376 e. The van der Waals surface area contributed by atoms with E-state index in [1.165, 1.54) is 40.1 Å². The molecule has 1 rings (SSSR count). The van der Waals surface area contributed by atoms with Crippen LogP contribution in [0, 0.1) is 6.61 Å². The van der Waals surface area contributed by atoms with Crippen LogP contribution in [0.25, 0.3) is 0 Å². The SMILES string of the molecule is CCOC[CH]OOC(=O)c1cc(OC)c(OC)cc1OC. The first-order valence-corrected chi connectivity index (χ1v) is 6.25. The second-order valence-electron chi connectivity index (χ2n) is 3.70. The van der Waals surface area contributed by atoms with E-state index < -0.39 is 5.97 Å². The summed E-state index contributed by atoms with van der Waals surface area (Å²) in [4.78, 5) is 21.2. The van der Waals surface area contributed by atoms with Gasteiger partial charge >= 0.3 is 5.97 Å². The maximum Gasteiger partial charge on any atom is 0.376 e. The van der Waals surface area contributed by atoms with Gasteiger partial charge in [0.2, 0.25) is 0 Å². The molecule has 0 N–H and O–H groups in total. The molecule has 1 radical (unpaired) electrons. The zero-order chi connectivity index (χ0) is 15.7. The number of rotatable bonds is 9. The minimum absolute atomic E-state index is 0.153. The Labute approximate surface area is 123 Å². The molecule has 7 heteroatoms. The van der Waals surface area contributed by atoms with Gasteiger partial charge in [-0.15, -0.1) is 0 Å². The molecule has 0 amide bonds. The molecular formula is C14H19O7. The molecule has 0 atom stereocenters. The second kappa shape index (κ2) is 9.04. The predicted octanol–water partition coefficient (Wildman–Crippen LogP) is 2.00. The third-order valence-corrected chi connectivity index (χ3v) is 2.51. The monoisotopic (exact) mass is 299 g/mol. The Kier molecular flexibility index (Phi) is 7.34. The van der Waals surface area contributed by atoms with E-state index in [0.29, 0.717) is 18.1 Å². The molecule has 1 aromatic rings. The zero-order valence-corrected chi connectivity index (χ0v) is 12.5. The summed E-state index contributed by atoms with van der Waals surface area (Å²) < 4.78 is 20.4. The Hall–Kier alpha value is -1.99. The van der Waals surface area contributed by atoms with Crippen molar-refractivity contribution in [3.8, 4) is 17.2 Å². The van der Waals surface area contributed by atoms with Crippen LogP contribution in [0.15, 0.2) is 12.1 Å². The lowest BCUT2D eigenvalue weighted by Crippen LogP contribution is -2.09. The van der Waals surface area contributed by atoms with E-state index in [1.54, 1.807) is 0 Å². The first kappa shape index (κ1) is 17.1. The maximum atomic E-state index is 11.9. The van der Waals surface area contributed by atoms with Crippen molar-refractivity contribution in [3.63, 3.8) is 0 Å². The molecule has 0 saturated carbocycles. The fourth-order valence-electron chi connectivity index (χ4n) is 1.51. The lowest BCUT2D eigenvalue weighted by Gasteiger charge is -2.12. The first-order valence-electron chi connectivity index (χ1n) is 6.25. The highest BCUT2D eigenvalue weighted by Crippen LogP contribution is 2.34. The van der Waals surface area contributed by atoms with Gasteiger partial charge in [-0.1, -0.05) is 0 Å². The second-order valence-corrected chi connectivity index (χ2v) is 3.70. The fourth-order valence-corrected chi connectivity index (χ4v) is 1.51. The number of carbonyl (C=O) groups excluding carboxylic acids is 1. The van der Waals surface area contributed by atoms with Crippen molar-refractivity contribution in [1.82, 2.24) is 0 Å². The summed E-state index contributed by atoms with van der Waals surface area (Å²) in [5, 5.41) is 0. The summed E-state index contributed by atoms with van der Waals surface area (Å²) in [5.74, 6) is 0.380. The molecule has 0 aliphatic carbocycles. The van der Waals surface area contributed by atoms with E-state index in [9.17, 15) is 4.79 Å². The summed E-state index contributed by atoms with van der Waals surface area (Å²) >= 11 is 0. The molecule has 1 aromatic carbocycles. The van der Waals surface area contributed by atoms with E-state index in [1.807, 2.05) is 6.92 Å². The van der Waals surface area contributed by atoms with Gasteiger partial charge in [-0.05, 0) is 6.92 Å². The molecule has 0 aliphatic heterocycles. The van der Waals surface area contributed by atoms with Gasteiger partial charge in [0.05, 0.1) is 27.9 Å². The van der Waals surface area contributed by atoms with Crippen LogP contribution >= 0.6 is 0 Å². The highest BCUT2D eigenvalue weighted by molar-refractivity contribution is 5.93. The lowest BCUT2D eigenvalue weighted by molar-refractivity contribution is -0.218. The van der Waals surface area contributed by atoms with Crippen molar-refractivity contribution in [3.05, 3.63) is 24.3 Å². The Morgan fingerprint density at radius 1 is 1.05 bits per heavy atom. The Morgan fingerprint density at radius 3 is 2.24 bits per heavy atom. The fraction of sp³-hybridized carbons (Fsp3) is 0.429. The highest BCUT2D eigenvalue weighted by atomic mass is 17.2. The molecule has 0 aromatic heterocycles. The number of methoxy groups -OCH3 is 3. The van der Waals surface area contributed by atoms with Crippen LogP contribution in [0.1, 0.15) is 17.3 Å². The topological polar surface area (TPSA) is 72.5 Å². The lowest BCUT2D eigenvalue weighted by atomic mass is 10.1. The Bertz CT molecular complexity index is 459. The molecule has 21 heavy (non-hydrogen) atoms. The molecule has 0 saturated heterocycles. The van der Waals surface area contributed by atoms with E-state index in [2.05, 4.69) is 9.78 Å². The number of ether oxygens (including phenoxy) is 4. The summed E-state index contributed by atoms with van der Waals surface area (Å²) in [5.41, 5.74) is 0.153. The molecule has 0 fully saturated rings. The highest BCUT2D eigenvalue weighted by Gasteiger charge is 2.19. The molecule has 0 aliphatic rings. The summed E-state index contributed by atoms with van der Waals surface area (Å²) in [6.07, 6.45) is 0. The first-order chi connectivity index (χ1) is 10.2. The van der Waals surface area contributed by atoms with Crippen LogP contribution in [0.3, 0.4) is 0 Å². The van der Waals surface area contributed by atoms with Crippen LogP contribution in [0.5, 0.6) is 17.2 Å². The third kappa shape index (κ3) is 4.80. The van der Waals surface area contributed by atoms with E-state index in [0.717, 1.165) is 0 Å². The average Bonchev–Trinajstić information content (AvgIpc) is 2.52. The van der Waals surface area contributed by atoms with Crippen molar-refractivity contribution >= 4 is 5.97 Å². The summed E-state index contributed by atoms with van der Waals surface area (Å²) in [6, 6.07) is 2.98. The van der Waals surface area contributed by atoms with E-state index >= 15 is 0 Å². The van der Waals surface area contributed by atoms with E-state index in [4.69, 9.17) is 18.9 Å². The summed E-state index contributed by atoms with van der Waals surface area (Å²) in [6.45, 7) is 3.83. The van der Waals surface area contributed by atoms with Gasteiger partial charge in [-0.2, -0.15) is 4.89 Å². The van der Waals surface area contributed by atoms with Gasteiger partial charge in [0.25, 0.3) is 0 Å². The van der Waals surface area contributed by atoms with Crippen LogP contribution in [-0.4, -0.2) is 40.5 Å². The Balaban J connectivity index is 2.77. The van der Waals surface area contributed by atoms with Gasteiger partial charge < -0.3 is 18.9 Å². The van der Waals surface area contributed by atoms with Gasteiger partial charge in [0, 0.05) is 18.7 Å². The average molecular weight is 299 g/mol. The standard InChI is InChI=1S/C14H19O7/c1-5-19-6-7-20-21-14(15)10-8-12(17-3)13(18-4)9-11(10)16-2/h7-9H,5-6H2,1-4H3. The molecule has 117 valence electrons. The molecular weight excluding hydrogens is 280 g/mol. The largest absolute Gasteiger partial charge is 0.496 e. The van der Waals surface area contributed by atoms with Gasteiger partial charge in [0.1, 0.15) is 11.3 Å². The summed E-state index contributed by atoms with van der Waals surface area (Å²) in [7, 11) is 4.38. The third-order valence-electron chi connectivity index (χ3n) is 2.51. The molecule has 0 heterocycles. The normalized spacial score (nSPS) is 10.1. The van der Waals surface area contributed by atoms with Gasteiger partial charge in [-0.25, -0.2) is 4.79 Å². The van der Waals surface area contributed by atoms with Crippen LogP contribution in [-0.2, 0) is 14.5 Å². The van der Waals surface area contributed by atoms with Crippen LogP contribution in [0.4, 0.5) is 0 Å². The number of benzene rings is 1. The molecule has 0 unspecified atom stereocenters. The van der Waals surface area contributed by atoms with Gasteiger partial charge in [-0.3, -0.25) is 4.89 Å². The Morgan fingerprint density at radius 2 is 1.67 bits per heavy atom.